The van der Waals surface area contributed by atoms with Crippen LogP contribution >= 0.6 is 0 Å². The van der Waals surface area contributed by atoms with Crippen molar-refractivity contribution in [3.8, 4) is 0 Å². The maximum atomic E-state index is 13.5. The van der Waals surface area contributed by atoms with Gasteiger partial charge in [0, 0.05) is 6.04 Å². The van der Waals surface area contributed by atoms with E-state index in [9.17, 15) is 30.7 Å². The molecule has 1 rings (SSSR count). The van der Waals surface area contributed by atoms with E-state index in [2.05, 4.69) is 5.32 Å². The summed E-state index contributed by atoms with van der Waals surface area (Å²) in [4.78, 5) is 0. The van der Waals surface area contributed by atoms with Crippen LogP contribution < -0.4 is 5.32 Å². The summed E-state index contributed by atoms with van der Waals surface area (Å²) in [5.41, 5.74) is -0.193. The number of halogens is 7. The first-order chi connectivity index (χ1) is 9.57. The molecule has 0 saturated carbocycles. The molecule has 21 heavy (non-hydrogen) atoms. The number of likely N-dealkylation sites (N-methyl/N-ethyl adjacent to an activating group) is 1. The van der Waals surface area contributed by atoms with Crippen molar-refractivity contribution >= 4 is 0 Å². The van der Waals surface area contributed by atoms with Crippen LogP contribution in [0.3, 0.4) is 0 Å². The second-order valence-corrected chi connectivity index (χ2v) is 4.52. The van der Waals surface area contributed by atoms with Crippen molar-refractivity contribution in [1.29, 1.82) is 0 Å². The van der Waals surface area contributed by atoms with Gasteiger partial charge in [-0.3, -0.25) is 0 Å². The standard InChI is InChI=1S/C13H14F7N/c1-2-21-10(7-8-5-3-4-6-9(8)14)11(12(15,16)17)13(18,19)20/h3-6,10-11,21H,2,7H2,1H3. The lowest BCUT2D eigenvalue weighted by molar-refractivity contribution is -0.291. The minimum Gasteiger partial charge on any atom is -0.313 e. The Morgan fingerprint density at radius 3 is 1.95 bits per heavy atom. The summed E-state index contributed by atoms with van der Waals surface area (Å²) in [7, 11) is 0. The Morgan fingerprint density at radius 2 is 1.52 bits per heavy atom. The SMILES string of the molecule is CCNC(Cc1ccccc1F)C(C(F)(F)F)C(F)(F)F. The number of hydrogen-bond donors (Lipinski definition) is 1. The lowest BCUT2D eigenvalue weighted by atomic mass is 9.92. The number of hydrogen-bond acceptors (Lipinski definition) is 1. The zero-order valence-electron chi connectivity index (χ0n) is 11.0. The Kier molecular flexibility index (Phi) is 5.61. The highest BCUT2D eigenvalue weighted by molar-refractivity contribution is 5.19. The molecule has 0 heterocycles. The number of rotatable bonds is 5. The first kappa shape index (κ1) is 17.7. The molecule has 1 aromatic carbocycles. The van der Waals surface area contributed by atoms with E-state index in [1.54, 1.807) is 0 Å². The largest absolute Gasteiger partial charge is 0.402 e. The number of alkyl halides is 6. The molecule has 1 aromatic rings. The predicted octanol–water partition coefficient (Wildman–Crippen LogP) is 4.09. The first-order valence-electron chi connectivity index (χ1n) is 6.17. The van der Waals surface area contributed by atoms with E-state index >= 15 is 0 Å². The van der Waals surface area contributed by atoms with Crippen molar-refractivity contribution in [1.82, 2.24) is 5.32 Å². The van der Waals surface area contributed by atoms with Crippen molar-refractivity contribution in [2.75, 3.05) is 6.54 Å². The molecule has 0 bridgehead atoms. The Bertz CT molecular complexity index is 439. The van der Waals surface area contributed by atoms with Gasteiger partial charge in [-0.2, -0.15) is 26.3 Å². The Balaban J connectivity index is 3.11. The Morgan fingerprint density at radius 1 is 1.00 bits per heavy atom. The molecule has 0 amide bonds. The van der Waals surface area contributed by atoms with E-state index in [-0.39, 0.29) is 12.1 Å². The van der Waals surface area contributed by atoms with E-state index in [4.69, 9.17) is 0 Å². The molecule has 0 radical (unpaired) electrons. The Hall–Kier alpha value is -1.31. The van der Waals surface area contributed by atoms with Gasteiger partial charge in [0.25, 0.3) is 0 Å². The van der Waals surface area contributed by atoms with Gasteiger partial charge in [-0.25, -0.2) is 4.39 Å². The zero-order valence-corrected chi connectivity index (χ0v) is 11.0. The van der Waals surface area contributed by atoms with Crippen LogP contribution in [0.25, 0.3) is 0 Å². The third kappa shape index (κ3) is 4.87. The quantitative estimate of drug-likeness (QED) is 0.807. The topological polar surface area (TPSA) is 12.0 Å². The summed E-state index contributed by atoms with van der Waals surface area (Å²) in [5, 5.41) is 2.16. The molecule has 1 nitrogen and oxygen atoms in total. The van der Waals surface area contributed by atoms with Crippen LogP contribution in [0.15, 0.2) is 24.3 Å². The van der Waals surface area contributed by atoms with Gasteiger partial charge in [0.15, 0.2) is 5.92 Å². The molecule has 1 unspecified atom stereocenters. The maximum absolute atomic E-state index is 13.5. The highest BCUT2D eigenvalue weighted by Gasteiger charge is 2.59. The highest BCUT2D eigenvalue weighted by atomic mass is 19.4. The molecular formula is C13H14F7N. The van der Waals surface area contributed by atoms with Crippen molar-refractivity contribution in [3.63, 3.8) is 0 Å². The molecule has 1 atom stereocenters. The molecule has 0 spiro atoms. The Labute approximate surface area is 117 Å². The molecule has 0 aromatic heterocycles. The fourth-order valence-electron chi connectivity index (χ4n) is 2.11. The molecule has 0 aliphatic carbocycles. The van der Waals surface area contributed by atoms with Gasteiger partial charge in [-0.05, 0) is 24.6 Å². The fourth-order valence-corrected chi connectivity index (χ4v) is 2.11. The molecule has 0 fully saturated rings. The lowest BCUT2D eigenvalue weighted by Gasteiger charge is -2.31. The first-order valence-corrected chi connectivity index (χ1v) is 6.17. The van der Waals surface area contributed by atoms with Crippen LogP contribution in [0, 0.1) is 11.7 Å². The monoisotopic (exact) mass is 317 g/mol. The summed E-state index contributed by atoms with van der Waals surface area (Å²) in [6.45, 7) is 1.29. The highest BCUT2D eigenvalue weighted by Crippen LogP contribution is 2.42. The fraction of sp³-hybridized carbons (Fsp3) is 0.538. The minimum absolute atomic E-state index is 0.0955. The number of benzene rings is 1. The smallest absolute Gasteiger partial charge is 0.313 e. The van der Waals surface area contributed by atoms with E-state index in [0.29, 0.717) is 0 Å². The number of nitrogens with one attached hydrogen (secondary N) is 1. The third-order valence-corrected chi connectivity index (χ3v) is 2.97. The van der Waals surface area contributed by atoms with Crippen LogP contribution in [-0.4, -0.2) is 24.9 Å². The van der Waals surface area contributed by atoms with Gasteiger partial charge >= 0.3 is 12.4 Å². The van der Waals surface area contributed by atoms with Gasteiger partial charge in [0.2, 0.25) is 0 Å². The molecule has 1 N–H and O–H groups in total. The average molecular weight is 317 g/mol. The van der Waals surface area contributed by atoms with Gasteiger partial charge in [-0.1, -0.05) is 25.1 Å². The second kappa shape index (κ2) is 6.64. The molecule has 8 heteroatoms. The summed E-state index contributed by atoms with van der Waals surface area (Å²) >= 11 is 0. The molecule has 0 saturated heterocycles. The summed E-state index contributed by atoms with van der Waals surface area (Å²) in [6, 6.07) is 2.86. The van der Waals surface area contributed by atoms with Crippen molar-refractivity contribution in [2.45, 2.75) is 31.7 Å². The molecule has 0 aliphatic heterocycles. The van der Waals surface area contributed by atoms with Gasteiger partial charge < -0.3 is 5.32 Å². The lowest BCUT2D eigenvalue weighted by Crippen LogP contribution is -2.52. The second-order valence-electron chi connectivity index (χ2n) is 4.52. The van der Waals surface area contributed by atoms with E-state index in [1.165, 1.54) is 25.1 Å². The molecule has 120 valence electrons. The summed E-state index contributed by atoms with van der Waals surface area (Å²) < 4.78 is 89.9. The average Bonchev–Trinajstić information content (AvgIpc) is 2.28. The third-order valence-electron chi connectivity index (χ3n) is 2.97. The molecular weight excluding hydrogens is 303 g/mol. The zero-order chi connectivity index (χ0) is 16.3. The van der Waals surface area contributed by atoms with Gasteiger partial charge in [0.1, 0.15) is 5.82 Å². The minimum atomic E-state index is -5.46. The van der Waals surface area contributed by atoms with E-state index < -0.39 is 36.6 Å². The van der Waals surface area contributed by atoms with Crippen LogP contribution in [0.1, 0.15) is 12.5 Å². The van der Waals surface area contributed by atoms with E-state index in [1.807, 2.05) is 0 Å². The summed E-state index contributed by atoms with van der Waals surface area (Å²) in [5.74, 6) is -4.38. The van der Waals surface area contributed by atoms with Crippen LogP contribution in [0.2, 0.25) is 0 Å². The van der Waals surface area contributed by atoms with Gasteiger partial charge in [-0.15, -0.1) is 0 Å². The maximum Gasteiger partial charge on any atom is 0.402 e. The van der Waals surface area contributed by atoms with Crippen molar-refractivity contribution in [2.24, 2.45) is 5.92 Å². The molecule has 0 aliphatic rings. The predicted molar refractivity (Wildman–Crippen MR) is 63.2 cm³/mol. The van der Waals surface area contributed by atoms with E-state index in [0.717, 1.165) is 6.07 Å². The van der Waals surface area contributed by atoms with Crippen molar-refractivity contribution in [3.05, 3.63) is 35.6 Å². The van der Waals surface area contributed by atoms with Crippen molar-refractivity contribution < 1.29 is 30.7 Å². The van der Waals surface area contributed by atoms with Crippen LogP contribution in [-0.2, 0) is 6.42 Å². The van der Waals surface area contributed by atoms with Crippen LogP contribution in [0.4, 0.5) is 30.7 Å². The van der Waals surface area contributed by atoms with Crippen LogP contribution in [0.5, 0.6) is 0 Å². The van der Waals surface area contributed by atoms with Gasteiger partial charge in [0.05, 0.1) is 0 Å². The normalized spacial score (nSPS) is 14.5. The summed E-state index contributed by atoms with van der Waals surface area (Å²) in [6.07, 6.45) is -11.6.